The van der Waals surface area contributed by atoms with Gasteiger partial charge in [-0.1, -0.05) is 30.4 Å². The number of halogens is 5. The van der Waals surface area contributed by atoms with Gasteiger partial charge in [0.15, 0.2) is 0 Å². The van der Waals surface area contributed by atoms with Gasteiger partial charge in [0.2, 0.25) is 34.8 Å². The van der Waals surface area contributed by atoms with E-state index >= 15 is 0 Å². The van der Waals surface area contributed by atoms with E-state index in [0.717, 1.165) is 6.08 Å². The Morgan fingerprint density at radius 3 is 2.06 bits per heavy atom. The van der Waals surface area contributed by atoms with E-state index in [9.17, 15) is 31.3 Å². The molecule has 0 radical (unpaired) electrons. The van der Waals surface area contributed by atoms with E-state index in [4.69, 9.17) is 9.26 Å². The fourth-order valence-corrected chi connectivity index (χ4v) is 3.68. The van der Waals surface area contributed by atoms with Gasteiger partial charge in [-0.3, -0.25) is 0 Å². The molecule has 0 aliphatic heterocycles. The van der Waals surface area contributed by atoms with Crippen LogP contribution in [-0.2, 0) is 14.1 Å². The molecule has 1 unspecified atom stereocenters. The van der Waals surface area contributed by atoms with Crippen LogP contribution >= 0.6 is 7.75 Å². The van der Waals surface area contributed by atoms with Crippen molar-refractivity contribution in [3.8, 4) is 11.5 Å². The molecular formula is C20H17F5NO5P. The third kappa shape index (κ3) is 5.95. The van der Waals surface area contributed by atoms with Crippen LogP contribution in [0.1, 0.15) is 6.42 Å². The first-order chi connectivity index (χ1) is 15.1. The highest BCUT2D eigenvalue weighted by Crippen LogP contribution is 2.47. The number of carbonyl (C=O) groups excluding carboxylic acids is 1. The smallest absolute Gasteiger partial charge is 0.464 e. The zero-order chi connectivity index (χ0) is 23.9. The summed E-state index contributed by atoms with van der Waals surface area (Å²) in [7, 11) is -5.02. The molecular weight excluding hydrogens is 460 g/mol. The molecule has 0 fully saturated rings. The highest BCUT2D eigenvalue weighted by Gasteiger charge is 2.38. The van der Waals surface area contributed by atoms with Crippen LogP contribution < -0.4 is 14.1 Å². The number of benzene rings is 2. The van der Waals surface area contributed by atoms with Crippen molar-refractivity contribution >= 4 is 13.7 Å². The van der Waals surface area contributed by atoms with Gasteiger partial charge in [0, 0.05) is 0 Å². The van der Waals surface area contributed by atoms with Crippen LogP contribution in [-0.4, -0.2) is 18.6 Å². The van der Waals surface area contributed by atoms with Gasteiger partial charge < -0.3 is 13.8 Å². The Balaban J connectivity index is 2.44. The van der Waals surface area contributed by atoms with Gasteiger partial charge >= 0.3 is 13.7 Å². The highest BCUT2D eigenvalue weighted by atomic mass is 31.2. The van der Waals surface area contributed by atoms with E-state index in [0.29, 0.717) is 0 Å². The van der Waals surface area contributed by atoms with E-state index in [1.165, 1.54) is 30.3 Å². The first-order valence-corrected chi connectivity index (χ1v) is 10.4. The maximum atomic E-state index is 14.1. The molecule has 0 aliphatic carbocycles. The van der Waals surface area contributed by atoms with Gasteiger partial charge in [-0.15, -0.1) is 13.2 Å². The minimum Gasteiger partial charge on any atom is -0.464 e. The Labute approximate surface area is 179 Å². The Hall–Kier alpha value is -3.17. The molecule has 32 heavy (non-hydrogen) atoms. The van der Waals surface area contributed by atoms with E-state index < -0.39 is 54.6 Å². The van der Waals surface area contributed by atoms with Crippen LogP contribution in [0.5, 0.6) is 11.5 Å². The van der Waals surface area contributed by atoms with Crippen molar-refractivity contribution in [1.82, 2.24) is 5.09 Å². The fourth-order valence-electron chi connectivity index (χ4n) is 2.18. The van der Waals surface area contributed by atoms with Gasteiger partial charge in [0.05, 0.1) is 6.61 Å². The summed E-state index contributed by atoms with van der Waals surface area (Å²) in [5.41, 5.74) is 0. The molecule has 6 nitrogen and oxygen atoms in total. The van der Waals surface area contributed by atoms with Crippen LogP contribution in [0.15, 0.2) is 55.6 Å². The summed E-state index contributed by atoms with van der Waals surface area (Å²) in [4.78, 5) is 12.2. The molecule has 0 aliphatic rings. The Bertz CT molecular complexity index is 1020. The van der Waals surface area contributed by atoms with E-state index in [1.54, 1.807) is 6.07 Å². The number of esters is 1. The average Bonchev–Trinajstić information content (AvgIpc) is 2.78. The third-order valence-corrected chi connectivity index (χ3v) is 5.17. The number of hydrogen-bond donors (Lipinski definition) is 1. The minimum atomic E-state index is -5.02. The quantitative estimate of drug-likeness (QED) is 0.0911. The standard InChI is InChI=1S/C20H17F5NO5P/c1-3-5-11-29-20(27)13(4-2)26-32(28,30-12-9-7-6-8-10-12)31-19-17(24)15(22)14(21)16(23)18(19)25/h3-4,6-10,13H,1-2,5,11H2,(H,26,28)/t13-,32?/m0/s1. The minimum absolute atomic E-state index is 0.101. The summed E-state index contributed by atoms with van der Waals surface area (Å²) in [6.45, 7) is 6.69. The lowest BCUT2D eigenvalue weighted by molar-refractivity contribution is -0.144. The number of carbonyl (C=O) groups is 1. The SMILES string of the molecule is C=CCCOC(=O)[C@H](C=C)NP(=O)(Oc1ccccc1)Oc1c(F)c(F)c(F)c(F)c1F. The molecule has 0 saturated carbocycles. The first-order valence-electron chi connectivity index (χ1n) is 8.87. The summed E-state index contributed by atoms with van der Waals surface area (Å²) < 4.78 is 96.5. The Morgan fingerprint density at radius 1 is 0.969 bits per heavy atom. The molecule has 0 spiro atoms. The number of para-hydroxylation sites is 1. The lowest BCUT2D eigenvalue weighted by atomic mass is 10.3. The maximum absolute atomic E-state index is 14.1. The van der Waals surface area contributed by atoms with E-state index in [2.05, 4.69) is 17.7 Å². The molecule has 2 atom stereocenters. The zero-order valence-electron chi connectivity index (χ0n) is 16.3. The predicted molar refractivity (Wildman–Crippen MR) is 104 cm³/mol. The van der Waals surface area contributed by atoms with Gasteiger partial charge in [0.1, 0.15) is 11.8 Å². The third-order valence-electron chi connectivity index (χ3n) is 3.70. The second-order valence-corrected chi connectivity index (χ2v) is 7.60. The summed E-state index contributed by atoms with van der Waals surface area (Å²) in [5.74, 6) is -14.9. The lowest BCUT2D eigenvalue weighted by Gasteiger charge is -2.23. The Kier molecular flexibility index (Phi) is 8.56. The van der Waals surface area contributed by atoms with Crippen LogP contribution in [0.4, 0.5) is 22.0 Å². The van der Waals surface area contributed by atoms with Crippen molar-refractivity contribution in [2.24, 2.45) is 0 Å². The molecule has 0 amide bonds. The predicted octanol–water partition coefficient (Wildman–Crippen LogP) is 5.21. The monoisotopic (exact) mass is 477 g/mol. The number of nitrogens with one attached hydrogen (secondary N) is 1. The highest BCUT2D eigenvalue weighted by molar-refractivity contribution is 7.52. The summed E-state index contributed by atoms with van der Waals surface area (Å²) in [6.07, 6.45) is 2.66. The van der Waals surface area contributed by atoms with Crippen LogP contribution in [0.25, 0.3) is 0 Å². The zero-order valence-corrected chi connectivity index (χ0v) is 17.2. The van der Waals surface area contributed by atoms with Crippen LogP contribution in [0, 0.1) is 29.1 Å². The fraction of sp³-hybridized carbons (Fsp3) is 0.150. The lowest BCUT2D eigenvalue weighted by Crippen LogP contribution is -2.37. The topological polar surface area (TPSA) is 73.9 Å². The van der Waals surface area contributed by atoms with Crippen LogP contribution in [0.3, 0.4) is 0 Å². The molecule has 12 heteroatoms. The van der Waals surface area contributed by atoms with Gasteiger partial charge in [-0.05, 0) is 18.6 Å². The molecule has 0 aromatic heterocycles. The molecule has 0 bridgehead atoms. The second kappa shape index (κ2) is 10.9. The van der Waals surface area contributed by atoms with Crippen molar-refractivity contribution in [2.75, 3.05) is 6.61 Å². The normalized spacial score (nSPS) is 13.5. The van der Waals surface area contributed by atoms with E-state index in [1.807, 2.05) is 5.09 Å². The van der Waals surface area contributed by atoms with Crippen LogP contribution in [0.2, 0.25) is 0 Å². The molecule has 172 valence electrons. The number of rotatable bonds is 11. The van der Waals surface area contributed by atoms with Crippen molar-refractivity contribution in [2.45, 2.75) is 12.5 Å². The van der Waals surface area contributed by atoms with Crippen molar-refractivity contribution in [3.05, 3.63) is 84.7 Å². The average molecular weight is 477 g/mol. The maximum Gasteiger partial charge on any atom is 0.514 e. The number of hydrogen-bond acceptors (Lipinski definition) is 5. The molecule has 2 rings (SSSR count). The molecule has 2 aromatic rings. The molecule has 1 N–H and O–H groups in total. The van der Waals surface area contributed by atoms with Crippen molar-refractivity contribution in [1.29, 1.82) is 0 Å². The van der Waals surface area contributed by atoms with Gasteiger partial charge in [-0.2, -0.15) is 13.9 Å². The first kappa shape index (κ1) is 25.1. The van der Waals surface area contributed by atoms with E-state index in [-0.39, 0.29) is 18.8 Å². The van der Waals surface area contributed by atoms with Gasteiger partial charge in [0.25, 0.3) is 0 Å². The van der Waals surface area contributed by atoms with Gasteiger partial charge in [-0.25, -0.2) is 22.5 Å². The summed E-state index contributed by atoms with van der Waals surface area (Å²) in [6, 6.07) is 5.36. The van der Waals surface area contributed by atoms with Crippen molar-refractivity contribution < 1.29 is 45.1 Å². The number of ether oxygens (including phenoxy) is 1. The largest absolute Gasteiger partial charge is 0.514 e. The molecule has 0 saturated heterocycles. The summed E-state index contributed by atoms with van der Waals surface area (Å²) >= 11 is 0. The molecule has 2 aromatic carbocycles. The Morgan fingerprint density at radius 2 is 1.53 bits per heavy atom. The second-order valence-electron chi connectivity index (χ2n) is 5.98. The van der Waals surface area contributed by atoms with Crippen molar-refractivity contribution in [3.63, 3.8) is 0 Å². The summed E-state index contributed by atoms with van der Waals surface area (Å²) in [5, 5.41) is 2.03. The molecule has 0 heterocycles.